The Morgan fingerprint density at radius 3 is 2.33 bits per heavy atom. The van der Waals surface area contributed by atoms with Gasteiger partial charge in [0.25, 0.3) is 0 Å². The van der Waals surface area contributed by atoms with Gasteiger partial charge in [0.05, 0.1) is 5.52 Å². The normalized spacial score (nSPS) is 11.6. The molecule has 1 heterocycles. The van der Waals surface area contributed by atoms with Crippen molar-refractivity contribution in [3.05, 3.63) is 46.8 Å². The summed E-state index contributed by atoms with van der Waals surface area (Å²) in [7, 11) is 0. The molecule has 90 valence electrons. The van der Waals surface area contributed by atoms with Gasteiger partial charge in [-0.1, -0.05) is 38.1 Å². The smallest absolute Gasteiger partial charge is 0.132 e. The lowest BCUT2D eigenvalue weighted by molar-refractivity contribution is 0.779. The lowest BCUT2D eigenvalue weighted by Crippen LogP contribution is -1.98. The zero-order valence-electron chi connectivity index (χ0n) is 10.3. The van der Waals surface area contributed by atoms with Gasteiger partial charge in [-0.3, -0.25) is 0 Å². The molecule has 0 aliphatic heterocycles. The molecular formula is C15H13BrN2. The van der Waals surface area contributed by atoms with Crippen LogP contribution in [-0.2, 0) is 0 Å². The van der Waals surface area contributed by atoms with Gasteiger partial charge in [-0.25, -0.2) is 9.97 Å². The van der Waals surface area contributed by atoms with Crippen molar-refractivity contribution >= 4 is 37.6 Å². The van der Waals surface area contributed by atoms with Gasteiger partial charge in [0.1, 0.15) is 10.4 Å². The highest BCUT2D eigenvalue weighted by molar-refractivity contribution is 9.10. The Labute approximate surface area is 114 Å². The topological polar surface area (TPSA) is 25.8 Å². The van der Waals surface area contributed by atoms with E-state index in [0.29, 0.717) is 5.92 Å². The molecule has 2 nitrogen and oxygen atoms in total. The number of hydrogen-bond acceptors (Lipinski definition) is 2. The third-order valence-electron chi connectivity index (χ3n) is 3.05. The molecule has 0 fully saturated rings. The maximum absolute atomic E-state index is 4.64. The first-order valence-corrected chi connectivity index (χ1v) is 6.80. The third kappa shape index (κ3) is 1.89. The average molecular weight is 301 g/mol. The fourth-order valence-corrected chi connectivity index (χ4v) is 2.55. The van der Waals surface area contributed by atoms with Crippen LogP contribution in [0.2, 0.25) is 0 Å². The van der Waals surface area contributed by atoms with E-state index in [9.17, 15) is 0 Å². The molecule has 0 aliphatic carbocycles. The molecule has 0 aliphatic rings. The van der Waals surface area contributed by atoms with Crippen LogP contribution in [0, 0.1) is 0 Å². The maximum atomic E-state index is 4.64. The Bertz CT molecular complexity index is 735. The molecule has 0 atom stereocenters. The Morgan fingerprint density at radius 2 is 1.67 bits per heavy atom. The minimum atomic E-state index is 0.331. The second kappa shape index (κ2) is 4.32. The van der Waals surface area contributed by atoms with Crippen LogP contribution in [0.4, 0.5) is 0 Å². The van der Waals surface area contributed by atoms with E-state index >= 15 is 0 Å². The van der Waals surface area contributed by atoms with Crippen LogP contribution in [0.15, 0.2) is 41.0 Å². The summed E-state index contributed by atoms with van der Waals surface area (Å²) in [6.07, 6.45) is 0. The van der Waals surface area contributed by atoms with Crippen molar-refractivity contribution in [1.29, 1.82) is 0 Å². The maximum Gasteiger partial charge on any atom is 0.132 e. The van der Waals surface area contributed by atoms with Crippen molar-refractivity contribution in [3.63, 3.8) is 0 Å². The molecule has 0 bridgehead atoms. The average Bonchev–Trinajstić information content (AvgIpc) is 2.36. The van der Waals surface area contributed by atoms with Crippen LogP contribution in [0.3, 0.4) is 0 Å². The molecule has 0 N–H and O–H groups in total. The summed E-state index contributed by atoms with van der Waals surface area (Å²) < 4.78 is 0.877. The van der Waals surface area contributed by atoms with E-state index in [2.05, 4.69) is 64.0 Å². The third-order valence-corrected chi connectivity index (χ3v) is 3.65. The summed E-state index contributed by atoms with van der Waals surface area (Å²) in [6.45, 7) is 4.21. The largest absolute Gasteiger partial charge is 0.233 e. The molecule has 0 saturated heterocycles. The fraction of sp³-hybridized carbons (Fsp3) is 0.200. The molecule has 0 saturated carbocycles. The molecule has 3 heteroatoms. The highest BCUT2D eigenvalue weighted by Crippen LogP contribution is 2.27. The number of fused-ring (bicyclic) bond motifs is 2. The second-order valence-corrected chi connectivity index (χ2v) is 5.49. The number of nitrogens with zero attached hydrogens (tertiary/aromatic N) is 2. The molecule has 18 heavy (non-hydrogen) atoms. The minimum absolute atomic E-state index is 0.331. The van der Waals surface area contributed by atoms with E-state index in [-0.39, 0.29) is 0 Å². The van der Waals surface area contributed by atoms with E-state index < -0.39 is 0 Å². The first-order chi connectivity index (χ1) is 8.65. The molecule has 2 aromatic carbocycles. The summed E-state index contributed by atoms with van der Waals surface area (Å²) in [5, 5.41) is 3.50. The summed E-state index contributed by atoms with van der Waals surface area (Å²) in [6, 6.07) is 12.6. The predicted octanol–water partition coefficient (Wildman–Crippen LogP) is 4.67. The Kier molecular flexibility index (Phi) is 2.78. The van der Waals surface area contributed by atoms with Gasteiger partial charge in [0, 0.05) is 11.3 Å². The molecular weight excluding hydrogens is 288 g/mol. The minimum Gasteiger partial charge on any atom is -0.233 e. The van der Waals surface area contributed by atoms with Crippen LogP contribution < -0.4 is 0 Å². The molecule has 0 radical (unpaired) electrons. The first kappa shape index (κ1) is 11.6. The van der Waals surface area contributed by atoms with Gasteiger partial charge >= 0.3 is 0 Å². The Hall–Kier alpha value is -1.48. The molecule has 0 unspecified atom stereocenters. The van der Waals surface area contributed by atoms with Crippen LogP contribution in [0.25, 0.3) is 21.7 Å². The molecule has 1 aromatic heterocycles. The van der Waals surface area contributed by atoms with E-state index in [1.54, 1.807) is 0 Å². The predicted molar refractivity (Wildman–Crippen MR) is 78.8 cm³/mol. The van der Waals surface area contributed by atoms with Crippen LogP contribution in [-0.4, -0.2) is 9.97 Å². The van der Waals surface area contributed by atoms with Crippen molar-refractivity contribution in [2.24, 2.45) is 0 Å². The van der Waals surface area contributed by atoms with Gasteiger partial charge in [-0.05, 0) is 38.8 Å². The van der Waals surface area contributed by atoms with Gasteiger partial charge < -0.3 is 0 Å². The zero-order chi connectivity index (χ0) is 12.7. The van der Waals surface area contributed by atoms with Gasteiger partial charge in [-0.2, -0.15) is 0 Å². The molecule has 0 amide bonds. The van der Waals surface area contributed by atoms with Crippen molar-refractivity contribution < 1.29 is 0 Å². The van der Waals surface area contributed by atoms with Crippen LogP contribution in [0.1, 0.15) is 25.6 Å². The number of aromatic nitrogens is 2. The first-order valence-electron chi connectivity index (χ1n) is 6.01. The number of halogens is 1. The highest BCUT2D eigenvalue weighted by atomic mass is 79.9. The second-order valence-electron chi connectivity index (χ2n) is 4.74. The molecule has 0 spiro atoms. The summed E-state index contributed by atoms with van der Waals surface area (Å²) in [4.78, 5) is 9.16. The van der Waals surface area contributed by atoms with Crippen molar-refractivity contribution in [1.82, 2.24) is 9.97 Å². The van der Waals surface area contributed by atoms with Crippen molar-refractivity contribution in [3.8, 4) is 0 Å². The zero-order valence-corrected chi connectivity index (χ0v) is 11.9. The van der Waals surface area contributed by atoms with Crippen molar-refractivity contribution in [2.45, 2.75) is 19.8 Å². The van der Waals surface area contributed by atoms with E-state index in [1.165, 1.54) is 10.8 Å². The van der Waals surface area contributed by atoms with E-state index in [1.807, 2.05) is 12.1 Å². The van der Waals surface area contributed by atoms with Gasteiger partial charge in [0.2, 0.25) is 0 Å². The molecule has 3 rings (SSSR count). The number of rotatable bonds is 1. The van der Waals surface area contributed by atoms with Gasteiger partial charge in [0.15, 0.2) is 0 Å². The van der Waals surface area contributed by atoms with Crippen molar-refractivity contribution in [2.75, 3.05) is 0 Å². The van der Waals surface area contributed by atoms with E-state index in [0.717, 1.165) is 21.3 Å². The van der Waals surface area contributed by atoms with Crippen LogP contribution >= 0.6 is 15.9 Å². The van der Waals surface area contributed by atoms with E-state index in [4.69, 9.17) is 0 Å². The quantitative estimate of drug-likeness (QED) is 0.482. The van der Waals surface area contributed by atoms with Gasteiger partial charge in [-0.15, -0.1) is 0 Å². The standard InChI is InChI=1S/C15H13BrN2/c1-9(2)15-17-13-8-11-6-4-3-5-10(11)7-12(13)14(16)18-15/h3-9H,1-2H3. The lowest BCUT2D eigenvalue weighted by Gasteiger charge is -2.08. The summed E-state index contributed by atoms with van der Waals surface area (Å²) in [5.74, 6) is 1.21. The molecule has 3 aromatic rings. The number of hydrogen-bond donors (Lipinski definition) is 0. The SMILES string of the molecule is CC(C)c1nc(Br)c2cc3ccccc3cc2n1. The lowest BCUT2D eigenvalue weighted by atomic mass is 10.1. The number of benzene rings is 2. The Morgan fingerprint density at radius 1 is 1.00 bits per heavy atom. The summed E-state index contributed by atoms with van der Waals surface area (Å²) >= 11 is 3.55. The monoisotopic (exact) mass is 300 g/mol. The van der Waals surface area contributed by atoms with Crippen LogP contribution in [0.5, 0.6) is 0 Å². The highest BCUT2D eigenvalue weighted by Gasteiger charge is 2.09. The summed E-state index contributed by atoms with van der Waals surface area (Å²) in [5.41, 5.74) is 0.999. The fourth-order valence-electron chi connectivity index (χ4n) is 2.05. The Balaban J connectivity index is 2.39.